The van der Waals surface area contributed by atoms with E-state index < -0.39 is 0 Å². The molecule has 1 aromatic heterocycles. The van der Waals surface area contributed by atoms with Gasteiger partial charge in [0, 0.05) is 25.3 Å². The molecule has 0 bridgehead atoms. The van der Waals surface area contributed by atoms with Gasteiger partial charge >= 0.3 is 0 Å². The van der Waals surface area contributed by atoms with Gasteiger partial charge in [0.1, 0.15) is 0 Å². The third-order valence-electron chi connectivity index (χ3n) is 3.82. The lowest BCUT2D eigenvalue weighted by molar-refractivity contribution is 0.223. The van der Waals surface area contributed by atoms with E-state index in [1.165, 1.54) is 32.4 Å². The van der Waals surface area contributed by atoms with E-state index in [2.05, 4.69) is 53.7 Å². The molecule has 1 aliphatic rings. The molecule has 1 atom stereocenters. The fraction of sp³-hybridized carbons (Fsp3) is 0.812. The molecular formula is C16H30N4. The van der Waals surface area contributed by atoms with E-state index in [1.54, 1.807) is 0 Å². The minimum Gasteiger partial charge on any atom is -0.352 e. The summed E-state index contributed by atoms with van der Waals surface area (Å²) in [6.07, 6.45) is 6.26. The zero-order valence-electron chi connectivity index (χ0n) is 13.5. The summed E-state index contributed by atoms with van der Waals surface area (Å²) in [7, 11) is 0. The Morgan fingerprint density at radius 2 is 1.85 bits per heavy atom. The molecule has 0 aliphatic carbocycles. The van der Waals surface area contributed by atoms with Gasteiger partial charge in [-0.25, -0.2) is 4.98 Å². The molecule has 1 N–H and O–H groups in total. The first-order valence-corrected chi connectivity index (χ1v) is 8.07. The van der Waals surface area contributed by atoms with Gasteiger partial charge in [-0.15, -0.1) is 0 Å². The average Bonchev–Trinajstić information content (AvgIpc) is 2.69. The van der Waals surface area contributed by atoms with E-state index >= 15 is 0 Å². The zero-order valence-corrected chi connectivity index (χ0v) is 13.5. The maximum absolute atomic E-state index is 4.63. The van der Waals surface area contributed by atoms with Gasteiger partial charge in [-0.2, -0.15) is 0 Å². The summed E-state index contributed by atoms with van der Waals surface area (Å²) in [6.45, 7) is 13.5. The highest BCUT2D eigenvalue weighted by atomic mass is 15.2. The van der Waals surface area contributed by atoms with Gasteiger partial charge in [0.15, 0.2) is 0 Å². The van der Waals surface area contributed by atoms with Crippen molar-refractivity contribution >= 4 is 5.95 Å². The number of aryl methyl sites for hydroxylation is 1. The van der Waals surface area contributed by atoms with Crippen molar-refractivity contribution in [3.63, 3.8) is 0 Å². The number of piperidine rings is 1. The van der Waals surface area contributed by atoms with Crippen molar-refractivity contribution in [2.45, 2.75) is 59.5 Å². The molecule has 2 heterocycles. The van der Waals surface area contributed by atoms with E-state index in [0.29, 0.717) is 12.0 Å². The predicted octanol–water partition coefficient (Wildman–Crippen LogP) is 3.13. The molecule has 0 saturated carbocycles. The van der Waals surface area contributed by atoms with E-state index in [4.69, 9.17) is 0 Å². The van der Waals surface area contributed by atoms with Crippen LogP contribution in [0.3, 0.4) is 0 Å². The standard InChI is InChI=1S/C16H30N4/c1-13(2)10-20-12-15(4)18-16(20)17-14(3)11-19-8-6-5-7-9-19/h12-14H,5-11H2,1-4H3,(H,17,18). The normalized spacial score (nSPS) is 18.4. The summed E-state index contributed by atoms with van der Waals surface area (Å²) < 4.78 is 2.26. The lowest BCUT2D eigenvalue weighted by Crippen LogP contribution is -2.38. The summed E-state index contributed by atoms with van der Waals surface area (Å²) >= 11 is 0. The second kappa shape index (κ2) is 7.11. The molecule has 0 aromatic carbocycles. The van der Waals surface area contributed by atoms with Crippen LogP contribution < -0.4 is 5.32 Å². The van der Waals surface area contributed by atoms with Crippen LogP contribution in [0.2, 0.25) is 0 Å². The number of imidazole rings is 1. The molecular weight excluding hydrogens is 248 g/mol. The Labute approximate surface area is 123 Å². The Bertz CT molecular complexity index is 405. The van der Waals surface area contributed by atoms with Crippen LogP contribution in [0.4, 0.5) is 5.95 Å². The summed E-state index contributed by atoms with van der Waals surface area (Å²) in [5.74, 6) is 1.67. The van der Waals surface area contributed by atoms with Crippen LogP contribution in [0.15, 0.2) is 6.20 Å². The molecule has 0 spiro atoms. The third kappa shape index (κ3) is 4.51. The van der Waals surface area contributed by atoms with Crippen LogP contribution in [-0.2, 0) is 6.54 Å². The van der Waals surface area contributed by atoms with E-state index in [9.17, 15) is 0 Å². The fourth-order valence-corrected chi connectivity index (χ4v) is 2.99. The Hall–Kier alpha value is -1.03. The molecule has 20 heavy (non-hydrogen) atoms. The van der Waals surface area contributed by atoms with Crippen molar-refractivity contribution in [3.8, 4) is 0 Å². The molecule has 1 saturated heterocycles. The van der Waals surface area contributed by atoms with Crippen molar-refractivity contribution in [1.82, 2.24) is 14.5 Å². The van der Waals surface area contributed by atoms with E-state index in [-0.39, 0.29) is 0 Å². The summed E-state index contributed by atoms with van der Waals surface area (Å²) in [4.78, 5) is 7.20. The predicted molar refractivity (Wildman–Crippen MR) is 85.2 cm³/mol. The Morgan fingerprint density at radius 1 is 1.15 bits per heavy atom. The molecule has 1 aliphatic heterocycles. The van der Waals surface area contributed by atoms with Crippen LogP contribution in [0.5, 0.6) is 0 Å². The second-order valence-corrected chi connectivity index (χ2v) is 6.66. The number of aromatic nitrogens is 2. The van der Waals surface area contributed by atoms with Crippen LogP contribution >= 0.6 is 0 Å². The van der Waals surface area contributed by atoms with Crippen LogP contribution in [0.25, 0.3) is 0 Å². The van der Waals surface area contributed by atoms with Gasteiger partial charge in [0.05, 0.1) is 5.69 Å². The molecule has 1 fully saturated rings. The van der Waals surface area contributed by atoms with Crippen molar-refractivity contribution in [2.24, 2.45) is 5.92 Å². The first-order chi connectivity index (χ1) is 9.54. The maximum atomic E-state index is 4.63. The minimum absolute atomic E-state index is 0.445. The van der Waals surface area contributed by atoms with Gasteiger partial charge in [-0.1, -0.05) is 20.3 Å². The minimum atomic E-state index is 0.445. The molecule has 114 valence electrons. The van der Waals surface area contributed by atoms with Crippen molar-refractivity contribution in [3.05, 3.63) is 11.9 Å². The number of nitrogens with one attached hydrogen (secondary N) is 1. The lowest BCUT2D eigenvalue weighted by atomic mass is 10.1. The Morgan fingerprint density at radius 3 is 2.50 bits per heavy atom. The highest BCUT2D eigenvalue weighted by molar-refractivity contribution is 5.30. The molecule has 2 rings (SSSR count). The molecule has 0 radical (unpaired) electrons. The van der Waals surface area contributed by atoms with Gasteiger partial charge in [0.25, 0.3) is 0 Å². The van der Waals surface area contributed by atoms with Crippen molar-refractivity contribution in [1.29, 1.82) is 0 Å². The van der Waals surface area contributed by atoms with Crippen LogP contribution in [0.1, 0.15) is 45.7 Å². The molecule has 4 nitrogen and oxygen atoms in total. The molecule has 0 amide bonds. The quantitative estimate of drug-likeness (QED) is 0.868. The highest BCUT2D eigenvalue weighted by Crippen LogP contribution is 2.14. The lowest BCUT2D eigenvalue weighted by Gasteiger charge is -2.29. The average molecular weight is 278 g/mol. The van der Waals surface area contributed by atoms with Crippen LogP contribution in [-0.4, -0.2) is 40.1 Å². The summed E-state index contributed by atoms with van der Waals surface area (Å²) in [6, 6.07) is 0.445. The Balaban J connectivity index is 1.90. The second-order valence-electron chi connectivity index (χ2n) is 6.66. The largest absolute Gasteiger partial charge is 0.352 e. The maximum Gasteiger partial charge on any atom is 0.203 e. The topological polar surface area (TPSA) is 33.1 Å². The molecule has 1 unspecified atom stereocenters. The number of hydrogen-bond donors (Lipinski definition) is 1. The number of likely N-dealkylation sites (tertiary alicyclic amines) is 1. The summed E-state index contributed by atoms with van der Waals surface area (Å²) in [5, 5.41) is 3.59. The first kappa shape index (κ1) is 15.4. The SMILES string of the molecule is Cc1cn(CC(C)C)c(NC(C)CN2CCCCC2)n1. The monoisotopic (exact) mass is 278 g/mol. The van der Waals surface area contributed by atoms with Gasteiger partial charge < -0.3 is 14.8 Å². The third-order valence-corrected chi connectivity index (χ3v) is 3.82. The number of rotatable bonds is 6. The van der Waals surface area contributed by atoms with Gasteiger partial charge in [-0.05, 0) is 45.7 Å². The number of nitrogens with zero attached hydrogens (tertiary/aromatic N) is 3. The van der Waals surface area contributed by atoms with Crippen molar-refractivity contribution in [2.75, 3.05) is 25.0 Å². The first-order valence-electron chi connectivity index (χ1n) is 8.07. The van der Waals surface area contributed by atoms with Gasteiger partial charge in [-0.3, -0.25) is 0 Å². The summed E-state index contributed by atoms with van der Waals surface area (Å²) in [5.41, 5.74) is 1.10. The van der Waals surface area contributed by atoms with E-state index in [1.807, 2.05) is 0 Å². The van der Waals surface area contributed by atoms with Gasteiger partial charge in [0.2, 0.25) is 5.95 Å². The number of hydrogen-bond acceptors (Lipinski definition) is 3. The van der Waals surface area contributed by atoms with Crippen LogP contribution in [0, 0.1) is 12.8 Å². The smallest absolute Gasteiger partial charge is 0.203 e. The fourth-order valence-electron chi connectivity index (χ4n) is 2.99. The molecule has 4 heteroatoms. The Kier molecular flexibility index (Phi) is 5.46. The number of anilines is 1. The van der Waals surface area contributed by atoms with Crippen molar-refractivity contribution < 1.29 is 0 Å². The zero-order chi connectivity index (χ0) is 14.5. The molecule has 1 aromatic rings. The highest BCUT2D eigenvalue weighted by Gasteiger charge is 2.15. The van der Waals surface area contributed by atoms with E-state index in [0.717, 1.165) is 24.7 Å².